The minimum atomic E-state index is 0.799. The fourth-order valence-electron chi connectivity index (χ4n) is 3.88. The van der Waals surface area contributed by atoms with Crippen LogP contribution in [0, 0.1) is 6.92 Å². The zero-order valence-electron chi connectivity index (χ0n) is 19.1. The monoisotopic (exact) mass is 398 g/mol. The molecule has 0 aromatic heterocycles. The first-order valence-corrected chi connectivity index (χ1v) is 12.1. The predicted octanol–water partition coefficient (Wildman–Crippen LogP) is 8.63. The maximum absolute atomic E-state index is 6.24. The van der Waals surface area contributed by atoms with Gasteiger partial charge in [-0.3, -0.25) is 0 Å². The summed E-state index contributed by atoms with van der Waals surface area (Å²) in [6.07, 6.45) is 15.4. The van der Waals surface area contributed by atoms with E-state index in [4.69, 9.17) is 9.47 Å². The number of hydrogen-bond acceptors (Lipinski definition) is 2. The Morgan fingerprint density at radius 3 is 1.76 bits per heavy atom. The van der Waals surface area contributed by atoms with Crippen molar-refractivity contribution in [3.05, 3.63) is 35.9 Å². The fourth-order valence-corrected chi connectivity index (χ4v) is 3.88. The normalized spacial score (nSPS) is 11.1. The minimum Gasteiger partial charge on any atom is -0.493 e. The summed E-state index contributed by atoms with van der Waals surface area (Å²) in [4.78, 5) is 0. The largest absolute Gasteiger partial charge is 0.493 e. The molecule has 0 unspecified atom stereocenters. The van der Waals surface area contributed by atoms with Crippen LogP contribution in [0.15, 0.2) is 30.3 Å². The van der Waals surface area contributed by atoms with Crippen LogP contribution in [0.1, 0.15) is 96.5 Å². The van der Waals surface area contributed by atoms with Gasteiger partial charge in [0.15, 0.2) is 0 Å². The molecule has 2 rings (SSSR count). The number of aryl methyl sites for hydroxylation is 1. The lowest BCUT2D eigenvalue weighted by Gasteiger charge is -2.16. The highest BCUT2D eigenvalue weighted by atomic mass is 16.5. The molecule has 2 nitrogen and oxygen atoms in total. The second-order valence-corrected chi connectivity index (χ2v) is 8.30. The van der Waals surface area contributed by atoms with E-state index in [1.165, 1.54) is 80.5 Å². The molecule has 0 saturated heterocycles. The Balaban J connectivity index is 1.89. The van der Waals surface area contributed by atoms with Gasteiger partial charge in [-0.1, -0.05) is 102 Å². The molecule has 2 aromatic rings. The molecule has 2 aromatic carbocycles. The van der Waals surface area contributed by atoms with Crippen LogP contribution in [0.4, 0.5) is 0 Å². The van der Waals surface area contributed by atoms with Crippen LogP contribution in [0.2, 0.25) is 0 Å². The van der Waals surface area contributed by atoms with Crippen molar-refractivity contribution in [1.29, 1.82) is 0 Å². The van der Waals surface area contributed by atoms with E-state index < -0.39 is 0 Å². The summed E-state index contributed by atoms with van der Waals surface area (Å²) >= 11 is 0. The van der Waals surface area contributed by atoms with Crippen molar-refractivity contribution in [2.75, 3.05) is 13.2 Å². The minimum absolute atomic E-state index is 0.799. The molecule has 0 heterocycles. The van der Waals surface area contributed by atoms with Crippen LogP contribution >= 0.6 is 0 Å². The molecule has 0 atom stereocenters. The van der Waals surface area contributed by atoms with E-state index in [9.17, 15) is 0 Å². The van der Waals surface area contributed by atoms with Gasteiger partial charge in [-0.2, -0.15) is 0 Å². The van der Waals surface area contributed by atoms with Gasteiger partial charge in [-0.15, -0.1) is 0 Å². The second kappa shape index (κ2) is 14.3. The van der Waals surface area contributed by atoms with Crippen LogP contribution in [0.5, 0.6) is 11.5 Å². The summed E-state index contributed by atoms with van der Waals surface area (Å²) in [5.41, 5.74) is 1.17. The average molecular weight is 399 g/mol. The Morgan fingerprint density at radius 1 is 0.621 bits per heavy atom. The zero-order chi connectivity index (χ0) is 20.7. The van der Waals surface area contributed by atoms with Crippen molar-refractivity contribution < 1.29 is 9.47 Å². The highest BCUT2D eigenvalue weighted by Crippen LogP contribution is 2.36. The molecule has 0 amide bonds. The number of rotatable bonds is 16. The lowest BCUT2D eigenvalue weighted by Crippen LogP contribution is -2.02. The molecule has 0 fully saturated rings. The number of unbranched alkanes of at least 4 members (excludes halogenated alkanes) is 10. The standard InChI is InChI=1S/C27H42O2/c1-4-6-8-10-12-16-20-28-26-22-23(3)27(25-19-15-14-18-24(25)26)29-21-17-13-11-9-7-5-2/h14-15,18-19,22H,4-13,16-17,20-21H2,1-3H3. The smallest absolute Gasteiger partial charge is 0.130 e. The molecule has 0 aliphatic rings. The summed E-state index contributed by atoms with van der Waals surface area (Å²) in [6.45, 7) is 8.26. The van der Waals surface area contributed by atoms with Gasteiger partial charge in [0.05, 0.1) is 13.2 Å². The molecule has 0 N–H and O–H groups in total. The van der Waals surface area contributed by atoms with Gasteiger partial charge in [0.1, 0.15) is 11.5 Å². The number of fused-ring (bicyclic) bond motifs is 1. The summed E-state index contributed by atoms with van der Waals surface area (Å²) in [5, 5.41) is 2.35. The van der Waals surface area contributed by atoms with Crippen molar-refractivity contribution in [2.45, 2.75) is 97.8 Å². The summed E-state index contributed by atoms with van der Waals surface area (Å²) in [6, 6.07) is 10.7. The van der Waals surface area contributed by atoms with Crippen LogP contribution in [0.3, 0.4) is 0 Å². The van der Waals surface area contributed by atoms with Crippen LogP contribution in [-0.4, -0.2) is 13.2 Å². The molecular weight excluding hydrogens is 356 g/mol. The van der Waals surface area contributed by atoms with Crippen molar-refractivity contribution in [3.8, 4) is 11.5 Å². The SMILES string of the molecule is CCCCCCCCOc1cc(C)c(OCCCCCCCC)c2ccccc12. The first-order valence-electron chi connectivity index (χ1n) is 12.1. The Labute approximate surface area is 179 Å². The summed E-state index contributed by atoms with van der Waals surface area (Å²) in [5.74, 6) is 2.03. The van der Waals surface area contributed by atoms with Crippen LogP contribution in [0.25, 0.3) is 10.8 Å². The van der Waals surface area contributed by atoms with Crippen molar-refractivity contribution >= 4 is 10.8 Å². The molecular formula is C27H42O2. The first kappa shape index (κ1) is 23.6. The Hall–Kier alpha value is -1.70. The molecule has 2 heteroatoms. The quantitative estimate of drug-likeness (QED) is 0.263. The van der Waals surface area contributed by atoms with E-state index in [2.05, 4.69) is 51.1 Å². The van der Waals surface area contributed by atoms with Crippen molar-refractivity contribution in [3.63, 3.8) is 0 Å². The average Bonchev–Trinajstić information content (AvgIpc) is 2.74. The van der Waals surface area contributed by atoms with Gasteiger partial charge >= 0.3 is 0 Å². The third kappa shape index (κ3) is 8.28. The Morgan fingerprint density at radius 2 is 1.14 bits per heavy atom. The van der Waals surface area contributed by atoms with Crippen molar-refractivity contribution in [2.24, 2.45) is 0 Å². The van der Waals surface area contributed by atoms with Crippen molar-refractivity contribution in [1.82, 2.24) is 0 Å². The topological polar surface area (TPSA) is 18.5 Å². The highest BCUT2D eigenvalue weighted by molar-refractivity contribution is 5.94. The number of hydrogen-bond donors (Lipinski definition) is 0. The lowest BCUT2D eigenvalue weighted by molar-refractivity contribution is 0.300. The molecule has 0 aliphatic carbocycles. The fraction of sp³-hybridized carbons (Fsp3) is 0.630. The van der Waals surface area contributed by atoms with E-state index in [0.29, 0.717) is 0 Å². The van der Waals surface area contributed by atoms with Gasteiger partial charge in [-0.05, 0) is 31.4 Å². The number of benzene rings is 2. The van der Waals surface area contributed by atoms with E-state index in [1.807, 2.05) is 0 Å². The predicted molar refractivity (Wildman–Crippen MR) is 126 cm³/mol. The molecule has 0 radical (unpaired) electrons. The van der Waals surface area contributed by atoms with Gasteiger partial charge < -0.3 is 9.47 Å². The zero-order valence-corrected chi connectivity index (χ0v) is 19.1. The first-order chi connectivity index (χ1) is 14.3. The molecule has 0 aliphatic heterocycles. The third-order valence-corrected chi connectivity index (χ3v) is 5.64. The van der Waals surface area contributed by atoms with Gasteiger partial charge in [0.2, 0.25) is 0 Å². The van der Waals surface area contributed by atoms with E-state index >= 15 is 0 Å². The Bertz CT molecular complexity index is 692. The summed E-state index contributed by atoms with van der Waals surface area (Å²) < 4.78 is 12.4. The molecule has 0 spiro atoms. The van der Waals surface area contributed by atoms with E-state index in [0.717, 1.165) is 37.6 Å². The van der Waals surface area contributed by atoms with Crippen LogP contribution < -0.4 is 9.47 Å². The number of ether oxygens (including phenoxy) is 2. The third-order valence-electron chi connectivity index (χ3n) is 5.64. The van der Waals surface area contributed by atoms with Crippen LogP contribution in [-0.2, 0) is 0 Å². The summed E-state index contributed by atoms with van der Waals surface area (Å²) in [7, 11) is 0. The lowest BCUT2D eigenvalue weighted by atomic mass is 10.0. The molecule has 29 heavy (non-hydrogen) atoms. The van der Waals surface area contributed by atoms with E-state index in [1.54, 1.807) is 0 Å². The van der Waals surface area contributed by atoms with Gasteiger partial charge in [0.25, 0.3) is 0 Å². The van der Waals surface area contributed by atoms with Gasteiger partial charge in [-0.25, -0.2) is 0 Å². The van der Waals surface area contributed by atoms with Gasteiger partial charge in [0, 0.05) is 10.8 Å². The second-order valence-electron chi connectivity index (χ2n) is 8.30. The molecule has 0 bridgehead atoms. The maximum atomic E-state index is 6.24. The Kier molecular flexibility index (Phi) is 11.6. The maximum Gasteiger partial charge on any atom is 0.130 e. The molecule has 0 saturated carbocycles. The van der Waals surface area contributed by atoms with E-state index in [-0.39, 0.29) is 0 Å². The highest BCUT2D eigenvalue weighted by Gasteiger charge is 2.11. The molecule has 162 valence electrons.